The molecule has 0 aromatic heterocycles. The maximum absolute atomic E-state index is 12.6. The van der Waals surface area contributed by atoms with E-state index in [2.05, 4.69) is 23.6 Å². The average Bonchev–Trinajstić information content (AvgIpc) is 3.08. The zero-order valence-electron chi connectivity index (χ0n) is 14.6. The fourth-order valence-corrected chi connectivity index (χ4v) is 3.63. The molecule has 2 heterocycles. The first kappa shape index (κ1) is 17.7. The van der Waals surface area contributed by atoms with Crippen molar-refractivity contribution in [3.05, 3.63) is 0 Å². The van der Waals surface area contributed by atoms with Crippen LogP contribution in [0.3, 0.4) is 0 Å². The van der Waals surface area contributed by atoms with E-state index in [0.29, 0.717) is 11.9 Å². The summed E-state index contributed by atoms with van der Waals surface area (Å²) in [6.45, 7) is 13.9. The third-order valence-corrected chi connectivity index (χ3v) is 5.16. The van der Waals surface area contributed by atoms with Gasteiger partial charge in [0.05, 0.1) is 12.6 Å². The predicted octanol–water partition coefficient (Wildman–Crippen LogP) is 1.43. The molecule has 0 radical (unpaired) electrons. The summed E-state index contributed by atoms with van der Waals surface area (Å²) in [6.07, 6.45) is 3.47. The third kappa shape index (κ3) is 4.43. The lowest BCUT2D eigenvalue weighted by Gasteiger charge is -2.43. The number of rotatable bonds is 7. The molecule has 0 spiro atoms. The fourth-order valence-electron chi connectivity index (χ4n) is 3.63. The van der Waals surface area contributed by atoms with Crippen LogP contribution < -0.4 is 0 Å². The molecule has 128 valence electrons. The first-order valence-electron chi connectivity index (χ1n) is 9.02. The van der Waals surface area contributed by atoms with Gasteiger partial charge in [-0.05, 0) is 33.1 Å². The molecule has 22 heavy (non-hydrogen) atoms. The Bertz CT molecular complexity index is 345. The lowest BCUT2D eigenvalue weighted by molar-refractivity contribution is -0.136. The molecule has 2 atom stereocenters. The Morgan fingerprint density at radius 3 is 2.55 bits per heavy atom. The Morgan fingerprint density at radius 1 is 1.18 bits per heavy atom. The van der Waals surface area contributed by atoms with Crippen molar-refractivity contribution in [1.29, 1.82) is 0 Å². The van der Waals surface area contributed by atoms with Gasteiger partial charge in [-0.25, -0.2) is 0 Å². The summed E-state index contributed by atoms with van der Waals surface area (Å²) in [5.41, 5.74) is 0. The third-order valence-electron chi connectivity index (χ3n) is 5.16. The van der Waals surface area contributed by atoms with E-state index in [9.17, 15) is 4.79 Å². The SMILES string of the molecule is CCOCCN1CCN([C@@H](C)C(=O)N2CCCC2)C[C@H]1CC. The first-order valence-corrected chi connectivity index (χ1v) is 9.02. The number of amides is 1. The molecule has 0 unspecified atom stereocenters. The number of hydrogen-bond donors (Lipinski definition) is 0. The summed E-state index contributed by atoms with van der Waals surface area (Å²) in [5.74, 6) is 0.329. The number of nitrogens with zero attached hydrogens (tertiary/aromatic N) is 3. The second-order valence-corrected chi connectivity index (χ2v) is 6.50. The monoisotopic (exact) mass is 311 g/mol. The molecule has 5 heteroatoms. The number of ether oxygens (including phenoxy) is 1. The molecule has 0 N–H and O–H groups in total. The van der Waals surface area contributed by atoms with Gasteiger partial charge in [0.25, 0.3) is 0 Å². The molecule has 2 aliphatic heterocycles. The van der Waals surface area contributed by atoms with Crippen molar-refractivity contribution in [2.45, 2.75) is 52.1 Å². The normalized spacial score (nSPS) is 25.6. The van der Waals surface area contributed by atoms with Crippen LogP contribution in [0.15, 0.2) is 0 Å². The maximum atomic E-state index is 12.6. The quantitative estimate of drug-likeness (QED) is 0.667. The number of piperazine rings is 1. The molecular weight excluding hydrogens is 278 g/mol. The molecule has 2 rings (SSSR count). The van der Waals surface area contributed by atoms with Gasteiger partial charge >= 0.3 is 0 Å². The largest absolute Gasteiger partial charge is 0.380 e. The minimum atomic E-state index is 0.0289. The molecule has 0 bridgehead atoms. The van der Waals surface area contributed by atoms with E-state index in [1.807, 2.05) is 11.8 Å². The second kappa shape index (κ2) is 8.85. The van der Waals surface area contributed by atoms with E-state index in [1.165, 1.54) is 12.8 Å². The number of carbonyl (C=O) groups is 1. The van der Waals surface area contributed by atoms with Gasteiger partial charge in [0.15, 0.2) is 0 Å². The van der Waals surface area contributed by atoms with E-state index >= 15 is 0 Å². The molecule has 0 saturated carbocycles. The predicted molar refractivity (Wildman–Crippen MR) is 89.0 cm³/mol. The van der Waals surface area contributed by atoms with Gasteiger partial charge in [0, 0.05) is 51.9 Å². The van der Waals surface area contributed by atoms with Crippen LogP contribution >= 0.6 is 0 Å². The van der Waals surface area contributed by atoms with Crippen LogP contribution in [0.5, 0.6) is 0 Å². The second-order valence-electron chi connectivity index (χ2n) is 6.50. The zero-order chi connectivity index (χ0) is 15.9. The molecule has 0 aromatic carbocycles. The molecule has 2 aliphatic rings. The van der Waals surface area contributed by atoms with E-state index in [1.54, 1.807) is 0 Å². The van der Waals surface area contributed by atoms with Gasteiger partial charge in [-0.3, -0.25) is 14.6 Å². The van der Waals surface area contributed by atoms with Crippen LogP contribution in [0, 0.1) is 0 Å². The maximum Gasteiger partial charge on any atom is 0.239 e. The van der Waals surface area contributed by atoms with Crippen LogP contribution in [0.25, 0.3) is 0 Å². The summed E-state index contributed by atoms with van der Waals surface area (Å²) in [7, 11) is 0. The van der Waals surface area contributed by atoms with Crippen molar-refractivity contribution in [2.75, 3.05) is 52.5 Å². The molecule has 0 aliphatic carbocycles. The van der Waals surface area contributed by atoms with Gasteiger partial charge in [0.1, 0.15) is 0 Å². The Balaban J connectivity index is 1.84. The van der Waals surface area contributed by atoms with Gasteiger partial charge in [-0.15, -0.1) is 0 Å². The Hall–Kier alpha value is -0.650. The Kier molecular flexibility index (Phi) is 7.12. The first-order chi connectivity index (χ1) is 10.7. The highest BCUT2D eigenvalue weighted by Crippen LogP contribution is 2.18. The molecule has 2 saturated heterocycles. The molecule has 5 nitrogen and oxygen atoms in total. The van der Waals surface area contributed by atoms with E-state index in [-0.39, 0.29) is 6.04 Å². The molecule has 1 amide bonds. The molecule has 0 aromatic rings. The van der Waals surface area contributed by atoms with Crippen LogP contribution in [0.2, 0.25) is 0 Å². The smallest absolute Gasteiger partial charge is 0.239 e. The summed E-state index contributed by atoms with van der Waals surface area (Å²) in [6, 6.07) is 0.573. The summed E-state index contributed by atoms with van der Waals surface area (Å²) in [5, 5.41) is 0. The lowest BCUT2D eigenvalue weighted by Crippen LogP contribution is -2.58. The average molecular weight is 311 g/mol. The van der Waals surface area contributed by atoms with Crippen LogP contribution in [0.4, 0.5) is 0 Å². The van der Waals surface area contributed by atoms with Crippen LogP contribution in [0.1, 0.15) is 40.0 Å². The number of likely N-dealkylation sites (tertiary alicyclic amines) is 1. The van der Waals surface area contributed by atoms with E-state index in [0.717, 1.165) is 58.9 Å². The van der Waals surface area contributed by atoms with Crippen molar-refractivity contribution in [2.24, 2.45) is 0 Å². The number of hydrogen-bond acceptors (Lipinski definition) is 4. The van der Waals surface area contributed by atoms with Crippen LogP contribution in [-0.2, 0) is 9.53 Å². The highest BCUT2D eigenvalue weighted by Gasteiger charge is 2.33. The van der Waals surface area contributed by atoms with Gasteiger partial charge in [-0.1, -0.05) is 6.92 Å². The van der Waals surface area contributed by atoms with E-state index < -0.39 is 0 Å². The van der Waals surface area contributed by atoms with Crippen molar-refractivity contribution in [3.8, 4) is 0 Å². The van der Waals surface area contributed by atoms with Crippen molar-refractivity contribution in [1.82, 2.24) is 14.7 Å². The van der Waals surface area contributed by atoms with E-state index in [4.69, 9.17) is 4.74 Å². The summed E-state index contributed by atoms with van der Waals surface area (Å²) >= 11 is 0. The zero-order valence-corrected chi connectivity index (χ0v) is 14.6. The van der Waals surface area contributed by atoms with Gasteiger partial charge in [-0.2, -0.15) is 0 Å². The van der Waals surface area contributed by atoms with Crippen molar-refractivity contribution in [3.63, 3.8) is 0 Å². The highest BCUT2D eigenvalue weighted by atomic mass is 16.5. The van der Waals surface area contributed by atoms with Crippen LogP contribution in [-0.4, -0.2) is 85.2 Å². The minimum absolute atomic E-state index is 0.0289. The Labute approximate surface area is 135 Å². The Morgan fingerprint density at radius 2 is 1.91 bits per heavy atom. The standard InChI is InChI=1S/C17H33N3O2/c1-4-16-14-20(11-10-18(16)12-13-22-5-2)15(3)17(21)19-8-6-7-9-19/h15-16H,4-14H2,1-3H3/t15-,16+/m0/s1. The lowest BCUT2D eigenvalue weighted by atomic mass is 10.1. The van der Waals surface area contributed by atoms with Gasteiger partial charge < -0.3 is 9.64 Å². The van der Waals surface area contributed by atoms with Gasteiger partial charge in [0.2, 0.25) is 5.91 Å². The molecular formula is C17H33N3O2. The summed E-state index contributed by atoms with van der Waals surface area (Å²) < 4.78 is 5.49. The topological polar surface area (TPSA) is 36.0 Å². The van der Waals surface area contributed by atoms with Crippen molar-refractivity contribution >= 4 is 5.91 Å². The minimum Gasteiger partial charge on any atom is -0.380 e. The number of carbonyl (C=O) groups excluding carboxylic acids is 1. The summed E-state index contributed by atoms with van der Waals surface area (Å²) in [4.78, 5) is 19.5. The molecule has 2 fully saturated rings. The fraction of sp³-hybridized carbons (Fsp3) is 0.941. The van der Waals surface area contributed by atoms with Crippen molar-refractivity contribution < 1.29 is 9.53 Å². The highest BCUT2D eigenvalue weighted by molar-refractivity contribution is 5.81.